The molecule has 0 aliphatic heterocycles. The van der Waals surface area contributed by atoms with Gasteiger partial charge in [-0.2, -0.15) is 13.2 Å². The second-order valence-electron chi connectivity index (χ2n) is 5.14. The van der Waals surface area contributed by atoms with Crippen molar-refractivity contribution in [1.82, 2.24) is 10.2 Å². The van der Waals surface area contributed by atoms with Gasteiger partial charge in [-0.05, 0) is 36.4 Å². The highest BCUT2D eigenvalue weighted by Gasteiger charge is 2.34. The van der Waals surface area contributed by atoms with Crippen molar-refractivity contribution in [2.45, 2.75) is 11.4 Å². The van der Waals surface area contributed by atoms with Crippen LogP contribution < -0.4 is 4.74 Å². The number of para-hydroxylation sites is 1. The van der Waals surface area contributed by atoms with Gasteiger partial charge in [0, 0.05) is 10.6 Å². The van der Waals surface area contributed by atoms with Crippen molar-refractivity contribution >= 4 is 29.3 Å². The van der Waals surface area contributed by atoms with Crippen molar-refractivity contribution in [1.29, 1.82) is 0 Å². The van der Waals surface area contributed by atoms with E-state index in [1.54, 1.807) is 24.3 Å². The van der Waals surface area contributed by atoms with E-state index in [0.717, 1.165) is 23.9 Å². The van der Waals surface area contributed by atoms with E-state index in [1.165, 1.54) is 12.1 Å². The molecule has 0 N–H and O–H groups in total. The SMILES string of the molecule is O=C(CSc1nnc(-c2ccc(Cl)cc2)o1)Oc1ccccc1C(F)(F)F. The number of aromatic nitrogens is 2. The smallest absolute Gasteiger partial charge is 0.419 e. The molecule has 1 heterocycles. The monoisotopic (exact) mass is 414 g/mol. The van der Waals surface area contributed by atoms with E-state index in [4.69, 9.17) is 20.8 Å². The fraction of sp³-hybridized carbons (Fsp3) is 0.118. The molecule has 0 fully saturated rings. The molecule has 1 aromatic heterocycles. The number of esters is 1. The molecule has 0 aliphatic carbocycles. The van der Waals surface area contributed by atoms with Crippen LogP contribution in [-0.4, -0.2) is 21.9 Å². The summed E-state index contributed by atoms with van der Waals surface area (Å²) in [6, 6.07) is 11.2. The molecule has 0 saturated carbocycles. The minimum absolute atomic E-state index is 0.0843. The van der Waals surface area contributed by atoms with Gasteiger partial charge < -0.3 is 9.15 Å². The summed E-state index contributed by atoms with van der Waals surface area (Å²) in [4.78, 5) is 11.9. The van der Waals surface area contributed by atoms with Crippen molar-refractivity contribution in [2.75, 3.05) is 5.75 Å². The zero-order valence-corrected chi connectivity index (χ0v) is 14.9. The summed E-state index contributed by atoms with van der Waals surface area (Å²) in [5.41, 5.74) is -0.383. The standard InChI is InChI=1S/C17H10ClF3N2O3S/c18-11-7-5-10(6-8-11)15-22-23-16(26-15)27-9-14(24)25-13-4-2-1-3-12(13)17(19,20)21/h1-8H,9H2. The lowest BCUT2D eigenvalue weighted by atomic mass is 10.2. The number of alkyl halides is 3. The maximum absolute atomic E-state index is 12.9. The maximum atomic E-state index is 12.9. The number of ether oxygens (including phenoxy) is 1. The summed E-state index contributed by atoms with van der Waals surface area (Å²) in [5, 5.41) is 8.25. The molecule has 3 rings (SSSR count). The molecule has 10 heteroatoms. The molecule has 2 aromatic carbocycles. The van der Waals surface area contributed by atoms with E-state index in [9.17, 15) is 18.0 Å². The quantitative estimate of drug-likeness (QED) is 0.328. The van der Waals surface area contributed by atoms with Gasteiger partial charge in [-0.1, -0.05) is 35.5 Å². The second-order valence-corrected chi connectivity index (χ2v) is 6.50. The van der Waals surface area contributed by atoms with Crippen LogP contribution in [-0.2, 0) is 11.0 Å². The maximum Gasteiger partial charge on any atom is 0.419 e. The average molecular weight is 415 g/mol. The Balaban J connectivity index is 1.61. The van der Waals surface area contributed by atoms with Gasteiger partial charge in [0.15, 0.2) is 0 Å². The van der Waals surface area contributed by atoms with E-state index < -0.39 is 23.5 Å². The van der Waals surface area contributed by atoms with Gasteiger partial charge in [-0.3, -0.25) is 4.79 Å². The lowest BCUT2D eigenvalue weighted by Gasteiger charge is -2.11. The molecule has 0 aliphatic rings. The van der Waals surface area contributed by atoms with Crippen LogP contribution in [0.5, 0.6) is 5.75 Å². The third-order valence-electron chi connectivity index (χ3n) is 3.23. The largest absolute Gasteiger partial charge is 0.425 e. The van der Waals surface area contributed by atoms with Crippen LogP contribution in [0.2, 0.25) is 5.02 Å². The summed E-state index contributed by atoms with van der Waals surface area (Å²) in [6.45, 7) is 0. The molecule has 0 atom stereocenters. The molecule has 0 radical (unpaired) electrons. The minimum atomic E-state index is -4.62. The summed E-state index contributed by atoms with van der Waals surface area (Å²) < 4.78 is 48.9. The molecule has 140 valence electrons. The number of rotatable bonds is 5. The Morgan fingerprint density at radius 3 is 2.52 bits per heavy atom. The van der Waals surface area contributed by atoms with Crippen molar-refractivity contribution in [3.63, 3.8) is 0 Å². The van der Waals surface area contributed by atoms with Gasteiger partial charge in [0.05, 0.1) is 5.56 Å². The number of carbonyl (C=O) groups excluding carboxylic acids is 1. The fourth-order valence-electron chi connectivity index (χ4n) is 2.04. The van der Waals surface area contributed by atoms with Crippen molar-refractivity contribution in [2.24, 2.45) is 0 Å². The Labute approximate surface area is 160 Å². The van der Waals surface area contributed by atoms with E-state index >= 15 is 0 Å². The van der Waals surface area contributed by atoms with Gasteiger partial charge >= 0.3 is 12.1 Å². The van der Waals surface area contributed by atoms with Crippen LogP contribution >= 0.6 is 23.4 Å². The molecular weight excluding hydrogens is 405 g/mol. The molecule has 5 nitrogen and oxygen atoms in total. The van der Waals surface area contributed by atoms with Gasteiger partial charge in [-0.25, -0.2) is 0 Å². The second kappa shape index (κ2) is 8.01. The topological polar surface area (TPSA) is 65.2 Å². The molecular formula is C17H10ClF3N2O3S. The van der Waals surface area contributed by atoms with Crippen molar-refractivity contribution in [3.05, 3.63) is 59.1 Å². The third-order valence-corrected chi connectivity index (χ3v) is 4.27. The number of hydrogen-bond donors (Lipinski definition) is 0. The normalized spacial score (nSPS) is 11.4. The molecule has 0 amide bonds. The van der Waals surface area contributed by atoms with Crippen LogP contribution in [0.3, 0.4) is 0 Å². The van der Waals surface area contributed by atoms with Crippen LogP contribution in [0.1, 0.15) is 5.56 Å². The number of nitrogens with zero attached hydrogens (tertiary/aromatic N) is 2. The third kappa shape index (κ3) is 5.01. The number of benzene rings is 2. The summed E-state index contributed by atoms with van der Waals surface area (Å²) in [6.07, 6.45) is -4.62. The average Bonchev–Trinajstić information content (AvgIpc) is 3.09. The Morgan fingerprint density at radius 2 is 1.81 bits per heavy atom. The summed E-state index contributed by atoms with van der Waals surface area (Å²) >= 11 is 6.66. The van der Waals surface area contributed by atoms with Gasteiger partial charge in [0.25, 0.3) is 5.22 Å². The zero-order valence-electron chi connectivity index (χ0n) is 13.4. The van der Waals surface area contributed by atoms with Crippen LogP contribution in [0.4, 0.5) is 13.2 Å². The Kier molecular flexibility index (Phi) is 5.71. The highest BCUT2D eigenvalue weighted by atomic mass is 35.5. The first-order chi connectivity index (χ1) is 12.8. The molecule has 0 unspecified atom stereocenters. The fourth-order valence-corrected chi connectivity index (χ4v) is 2.70. The molecule has 0 spiro atoms. The number of carbonyl (C=O) groups is 1. The van der Waals surface area contributed by atoms with Crippen LogP contribution in [0.15, 0.2) is 58.2 Å². The van der Waals surface area contributed by atoms with Crippen LogP contribution in [0, 0.1) is 0 Å². The predicted molar refractivity (Wildman–Crippen MR) is 92.5 cm³/mol. The van der Waals surface area contributed by atoms with E-state index in [1.807, 2.05) is 0 Å². The molecule has 0 bridgehead atoms. The van der Waals surface area contributed by atoms with E-state index in [2.05, 4.69) is 10.2 Å². The number of halogens is 4. The number of thioether (sulfide) groups is 1. The first kappa shape index (κ1) is 19.2. The van der Waals surface area contributed by atoms with Gasteiger partial charge in [0.1, 0.15) is 11.5 Å². The zero-order chi connectivity index (χ0) is 19.4. The Hall–Kier alpha value is -2.52. The Morgan fingerprint density at radius 1 is 1.11 bits per heavy atom. The van der Waals surface area contributed by atoms with Gasteiger partial charge in [0.2, 0.25) is 5.89 Å². The van der Waals surface area contributed by atoms with Crippen LogP contribution in [0.25, 0.3) is 11.5 Å². The highest BCUT2D eigenvalue weighted by Crippen LogP contribution is 2.36. The first-order valence-electron chi connectivity index (χ1n) is 7.42. The minimum Gasteiger partial charge on any atom is -0.425 e. The molecule has 3 aromatic rings. The predicted octanol–water partition coefficient (Wildman–Crippen LogP) is 5.11. The van der Waals surface area contributed by atoms with E-state index in [0.29, 0.717) is 10.6 Å². The summed E-state index contributed by atoms with van der Waals surface area (Å²) in [7, 11) is 0. The van der Waals surface area contributed by atoms with Gasteiger partial charge in [-0.15, -0.1) is 10.2 Å². The molecule has 27 heavy (non-hydrogen) atoms. The lowest BCUT2D eigenvalue weighted by Crippen LogP contribution is -2.15. The van der Waals surface area contributed by atoms with E-state index in [-0.39, 0.29) is 16.9 Å². The Bertz CT molecular complexity index is 945. The number of hydrogen-bond acceptors (Lipinski definition) is 6. The highest BCUT2D eigenvalue weighted by molar-refractivity contribution is 7.99. The summed E-state index contributed by atoms with van der Waals surface area (Å²) in [5.74, 6) is -1.50. The lowest BCUT2D eigenvalue weighted by molar-refractivity contribution is -0.141. The van der Waals surface area contributed by atoms with Crippen molar-refractivity contribution in [3.8, 4) is 17.2 Å². The molecule has 0 saturated heterocycles. The first-order valence-corrected chi connectivity index (χ1v) is 8.78. The van der Waals surface area contributed by atoms with Crippen molar-refractivity contribution < 1.29 is 27.1 Å².